The van der Waals surface area contributed by atoms with Gasteiger partial charge in [-0.15, -0.1) is 0 Å². The minimum absolute atomic E-state index is 0.0370. The summed E-state index contributed by atoms with van der Waals surface area (Å²) < 4.78 is 1.48. The number of thioether (sulfide) groups is 1. The van der Waals surface area contributed by atoms with E-state index in [4.69, 9.17) is 0 Å². The van der Waals surface area contributed by atoms with Crippen molar-refractivity contribution in [3.05, 3.63) is 58.5 Å². The van der Waals surface area contributed by atoms with Crippen LogP contribution in [0, 0.1) is 23.7 Å². The third-order valence-electron chi connectivity index (χ3n) is 8.04. The van der Waals surface area contributed by atoms with Crippen LogP contribution in [-0.4, -0.2) is 31.9 Å². The third kappa shape index (κ3) is 3.64. The Bertz CT molecular complexity index is 1380. The second-order valence-corrected chi connectivity index (χ2v) is 11.1. The maximum absolute atomic E-state index is 13.3. The molecule has 2 bridgehead atoms. The summed E-state index contributed by atoms with van der Waals surface area (Å²) in [5, 5.41) is 5.49. The second-order valence-electron chi connectivity index (χ2n) is 10.1. The van der Waals surface area contributed by atoms with Gasteiger partial charge in [0, 0.05) is 17.3 Å². The van der Waals surface area contributed by atoms with Crippen LogP contribution in [0.1, 0.15) is 45.6 Å². The van der Waals surface area contributed by atoms with Crippen molar-refractivity contribution in [3.63, 3.8) is 0 Å². The van der Waals surface area contributed by atoms with Crippen molar-refractivity contribution < 1.29 is 4.79 Å². The van der Waals surface area contributed by atoms with Crippen LogP contribution in [0.15, 0.2) is 57.6 Å². The van der Waals surface area contributed by atoms with Gasteiger partial charge in [-0.25, -0.2) is 20.0 Å². The quantitative estimate of drug-likeness (QED) is 0.333. The molecule has 3 aromatic rings. The maximum atomic E-state index is 13.3. The fourth-order valence-electron chi connectivity index (χ4n) is 5.44. The highest BCUT2D eigenvalue weighted by atomic mass is 32.2. The largest absolute Gasteiger partial charge is 0.272 e. The molecule has 2 unspecified atom stereocenters. The van der Waals surface area contributed by atoms with Gasteiger partial charge in [0.1, 0.15) is 5.82 Å². The van der Waals surface area contributed by atoms with Gasteiger partial charge in [0.15, 0.2) is 5.16 Å². The number of aromatic nitrogens is 3. The fraction of sp³-hybridized carbons (Fsp3) is 0.423. The molecule has 34 heavy (non-hydrogen) atoms. The molecule has 2 saturated carbocycles. The molecular weight excluding hydrogens is 446 g/mol. The van der Waals surface area contributed by atoms with Crippen molar-refractivity contribution in [1.82, 2.24) is 20.0 Å². The lowest BCUT2D eigenvalue weighted by atomic mass is 9.70. The minimum atomic E-state index is -0.215. The molecule has 2 aliphatic carbocycles. The topological polar surface area (TPSA) is 89.2 Å². The molecule has 1 aromatic carbocycles. The number of amides is 1. The zero-order valence-electron chi connectivity index (χ0n) is 20.0. The lowest BCUT2D eigenvalue weighted by molar-refractivity contribution is -0.118. The van der Waals surface area contributed by atoms with E-state index in [0.29, 0.717) is 27.8 Å². The van der Waals surface area contributed by atoms with E-state index in [2.05, 4.69) is 41.3 Å². The fourth-order valence-corrected chi connectivity index (χ4v) is 6.24. The smallest absolute Gasteiger partial charge is 0.267 e. The standard InChI is InChI=1S/C26H29N5O2S/c1-16-10-12-27-21(13-16)31-23(33)18-7-5-6-8-19(18)28-24(31)34-15-22(32)30-29-20-14-17-9-11-26(20,4)25(17,2)3/h5-8,10,12-13,17H,9,11,14-15H2,1-4H3,(H,30,32)/b29-20+. The van der Waals surface area contributed by atoms with Gasteiger partial charge in [-0.05, 0) is 67.3 Å². The molecule has 0 saturated heterocycles. The number of nitrogens with one attached hydrogen (secondary N) is 1. The highest BCUT2D eigenvalue weighted by molar-refractivity contribution is 7.99. The Balaban J connectivity index is 1.39. The van der Waals surface area contributed by atoms with Gasteiger partial charge in [-0.2, -0.15) is 5.10 Å². The average molecular weight is 476 g/mol. The number of hydrogen-bond donors (Lipinski definition) is 1. The van der Waals surface area contributed by atoms with Crippen molar-refractivity contribution in [2.75, 3.05) is 5.75 Å². The molecule has 0 spiro atoms. The number of hydrazone groups is 1. The highest BCUT2D eigenvalue weighted by Crippen LogP contribution is 2.63. The van der Waals surface area contributed by atoms with Crippen molar-refractivity contribution in [1.29, 1.82) is 0 Å². The van der Waals surface area contributed by atoms with Gasteiger partial charge >= 0.3 is 0 Å². The van der Waals surface area contributed by atoms with Gasteiger partial charge in [-0.3, -0.25) is 9.59 Å². The Morgan fingerprint density at radius 3 is 2.76 bits per heavy atom. The summed E-state index contributed by atoms with van der Waals surface area (Å²) >= 11 is 1.21. The van der Waals surface area contributed by atoms with Gasteiger partial charge in [0.25, 0.3) is 11.5 Å². The van der Waals surface area contributed by atoms with Gasteiger partial charge in [0.2, 0.25) is 0 Å². The Morgan fingerprint density at radius 1 is 1.26 bits per heavy atom. The molecule has 2 aliphatic rings. The molecule has 2 heterocycles. The number of carbonyl (C=O) groups is 1. The first-order chi connectivity index (χ1) is 16.2. The van der Waals surface area contributed by atoms with Crippen molar-refractivity contribution in [3.8, 4) is 5.82 Å². The minimum Gasteiger partial charge on any atom is -0.272 e. The average Bonchev–Trinajstić information content (AvgIpc) is 3.15. The number of benzene rings is 1. The molecule has 0 radical (unpaired) electrons. The van der Waals surface area contributed by atoms with Crippen LogP contribution in [0.5, 0.6) is 0 Å². The van der Waals surface area contributed by atoms with Gasteiger partial charge in [0.05, 0.1) is 16.7 Å². The zero-order valence-corrected chi connectivity index (χ0v) is 20.8. The molecule has 8 heteroatoms. The van der Waals surface area contributed by atoms with Crippen molar-refractivity contribution in [2.24, 2.45) is 21.8 Å². The van der Waals surface area contributed by atoms with E-state index >= 15 is 0 Å². The first-order valence-electron chi connectivity index (χ1n) is 11.6. The summed E-state index contributed by atoms with van der Waals surface area (Å²) in [5.74, 6) is 0.994. The highest BCUT2D eigenvalue weighted by Gasteiger charge is 2.60. The first kappa shape index (κ1) is 22.8. The summed E-state index contributed by atoms with van der Waals surface area (Å²) in [7, 11) is 0. The van der Waals surface area contributed by atoms with E-state index in [-0.39, 0.29) is 28.0 Å². The van der Waals surface area contributed by atoms with Crippen LogP contribution in [0.25, 0.3) is 16.7 Å². The van der Waals surface area contributed by atoms with Crippen LogP contribution in [0.3, 0.4) is 0 Å². The van der Waals surface area contributed by atoms with Crippen LogP contribution < -0.4 is 11.0 Å². The number of aryl methyl sites for hydroxylation is 1. The third-order valence-corrected chi connectivity index (χ3v) is 8.97. The second kappa shape index (κ2) is 8.34. The molecule has 0 aliphatic heterocycles. The number of hydrogen-bond acceptors (Lipinski definition) is 6. The number of nitrogens with zero attached hydrogens (tertiary/aromatic N) is 4. The summed E-state index contributed by atoms with van der Waals surface area (Å²) in [6.45, 7) is 8.84. The number of carbonyl (C=O) groups excluding carboxylic acids is 1. The predicted octanol–water partition coefficient (Wildman–Crippen LogP) is 4.50. The molecule has 5 rings (SSSR count). The predicted molar refractivity (Wildman–Crippen MR) is 135 cm³/mol. The molecule has 1 amide bonds. The Labute approximate surface area is 203 Å². The number of para-hydroxylation sites is 1. The van der Waals surface area contributed by atoms with Gasteiger partial charge < -0.3 is 0 Å². The zero-order chi connectivity index (χ0) is 24.1. The molecule has 7 nitrogen and oxygen atoms in total. The Kier molecular flexibility index (Phi) is 5.59. The van der Waals surface area contributed by atoms with E-state index < -0.39 is 0 Å². The lowest BCUT2D eigenvalue weighted by Crippen LogP contribution is -2.34. The van der Waals surface area contributed by atoms with Crippen LogP contribution >= 0.6 is 11.8 Å². The van der Waals surface area contributed by atoms with Gasteiger partial charge in [-0.1, -0.05) is 44.7 Å². The molecule has 2 aromatic heterocycles. The molecular formula is C26H29N5O2S. The summed E-state index contributed by atoms with van der Waals surface area (Å²) in [4.78, 5) is 35.1. The first-order valence-corrected chi connectivity index (χ1v) is 12.6. The van der Waals surface area contributed by atoms with Crippen molar-refractivity contribution >= 4 is 34.3 Å². The monoisotopic (exact) mass is 475 g/mol. The maximum Gasteiger partial charge on any atom is 0.267 e. The summed E-state index contributed by atoms with van der Waals surface area (Å²) in [5.41, 5.74) is 5.47. The van der Waals surface area contributed by atoms with Crippen LogP contribution in [0.2, 0.25) is 0 Å². The van der Waals surface area contributed by atoms with E-state index in [0.717, 1.165) is 24.1 Å². The number of pyridine rings is 1. The molecule has 1 N–H and O–H groups in total. The molecule has 2 fully saturated rings. The molecule has 176 valence electrons. The van der Waals surface area contributed by atoms with Crippen LogP contribution in [0.4, 0.5) is 0 Å². The molecule has 2 atom stereocenters. The summed E-state index contributed by atoms with van der Waals surface area (Å²) in [6, 6.07) is 10.9. The van der Waals surface area contributed by atoms with E-state index in [1.165, 1.54) is 22.7 Å². The SMILES string of the molecule is Cc1ccnc(-n2c(SCC(=O)N/N=C3\CC4CCC3(C)C4(C)C)nc3ccccc3c2=O)c1. The van der Waals surface area contributed by atoms with Crippen molar-refractivity contribution in [2.45, 2.75) is 52.1 Å². The Morgan fingerprint density at radius 2 is 2.06 bits per heavy atom. The van der Waals surface area contributed by atoms with E-state index in [1.54, 1.807) is 18.3 Å². The summed E-state index contributed by atoms with van der Waals surface area (Å²) in [6.07, 6.45) is 4.96. The number of fused-ring (bicyclic) bond motifs is 3. The van der Waals surface area contributed by atoms with E-state index in [9.17, 15) is 9.59 Å². The normalized spacial score (nSPS) is 24.1. The Hall–Kier alpha value is -3.00. The number of rotatable bonds is 5. The van der Waals surface area contributed by atoms with E-state index in [1.807, 2.05) is 31.2 Å². The van der Waals surface area contributed by atoms with Crippen LogP contribution in [-0.2, 0) is 4.79 Å². The lowest BCUT2D eigenvalue weighted by Gasteiger charge is -2.34.